The highest BCUT2D eigenvalue weighted by Crippen LogP contribution is 2.18. The SMILES string of the molecule is C=C(N)C[Si](OCC)(OCC)OCC. The highest BCUT2D eigenvalue weighted by atomic mass is 28.4. The largest absolute Gasteiger partial charge is 0.507 e. The minimum Gasteiger partial charge on any atom is -0.403 e. The molecule has 2 N–H and O–H groups in total. The fourth-order valence-electron chi connectivity index (χ4n) is 1.22. The van der Waals surface area contributed by atoms with E-state index in [4.69, 9.17) is 19.0 Å². The number of hydrogen-bond acceptors (Lipinski definition) is 4. The summed E-state index contributed by atoms with van der Waals surface area (Å²) < 4.78 is 16.7. The maximum Gasteiger partial charge on any atom is 0.507 e. The summed E-state index contributed by atoms with van der Waals surface area (Å²) in [5, 5.41) is 0. The first-order valence-corrected chi connectivity index (χ1v) is 6.88. The Kier molecular flexibility index (Phi) is 6.82. The van der Waals surface area contributed by atoms with Crippen molar-refractivity contribution in [2.45, 2.75) is 26.8 Å². The molecular weight excluding hydrogens is 198 g/mol. The molecule has 0 fully saturated rings. The highest BCUT2D eigenvalue weighted by molar-refractivity contribution is 6.61. The minimum atomic E-state index is -2.58. The molecule has 14 heavy (non-hydrogen) atoms. The molecule has 0 aromatic heterocycles. The molecule has 0 saturated heterocycles. The third kappa shape index (κ3) is 4.76. The first-order chi connectivity index (χ1) is 6.60. The molecule has 4 nitrogen and oxygen atoms in total. The molecule has 0 rings (SSSR count). The molecule has 0 aliphatic rings. The summed E-state index contributed by atoms with van der Waals surface area (Å²) in [7, 11) is -2.58. The summed E-state index contributed by atoms with van der Waals surface area (Å²) in [6, 6.07) is 0.489. The lowest BCUT2D eigenvalue weighted by atomic mass is 10.6. The lowest BCUT2D eigenvalue weighted by Gasteiger charge is -2.28. The van der Waals surface area contributed by atoms with Crippen molar-refractivity contribution in [3.05, 3.63) is 12.3 Å². The van der Waals surface area contributed by atoms with Crippen LogP contribution < -0.4 is 5.73 Å². The van der Waals surface area contributed by atoms with E-state index in [-0.39, 0.29) is 0 Å². The van der Waals surface area contributed by atoms with Crippen molar-refractivity contribution in [2.75, 3.05) is 19.8 Å². The van der Waals surface area contributed by atoms with Crippen LogP contribution in [0.25, 0.3) is 0 Å². The minimum absolute atomic E-state index is 0.489. The van der Waals surface area contributed by atoms with Crippen LogP contribution in [-0.2, 0) is 13.3 Å². The zero-order valence-corrected chi connectivity index (χ0v) is 10.3. The van der Waals surface area contributed by atoms with Gasteiger partial charge in [-0.3, -0.25) is 0 Å². The Morgan fingerprint density at radius 1 is 1.07 bits per heavy atom. The zero-order chi connectivity index (χ0) is 11.0. The van der Waals surface area contributed by atoms with Gasteiger partial charge in [0.1, 0.15) is 0 Å². The third-order valence-corrected chi connectivity index (χ3v) is 4.61. The zero-order valence-electron chi connectivity index (χ0n) is 9.34. The van der Waals surface area contributed by atoms with Gasteiger partial charge in [-0.25, -0.2) is 0 Å². The molecule has 0 spiro atoms. The summed E-state index contributed by atoms with van der Waals surface area (Å²) in [5.41, 5.74) is 6.12. The third-order valence-electron chi connectivity index (χ3n) is 1.54. The van der Waals surface area contributed by atoms with Gasteiger partial charge < -0.3 is 19.0 Å². The molecule has 0 radical (unpaired) electrons. The van der Waals surface area contributed by atoms with E-state index < -0.39 is 8.80 Å². The summed E-state index contributed by atoms with van der Waals surface area (Å²) in [5.74, 6) is 0. The van der Waals surface area contributed by atoms with Crippen molar-refractivity contribution < 1.29 is 13.3 Å². The van der Waals surface area contributed by atoms with Crippen molar-refractivity contribution in [1.82, 2.24) is 0 Å². The molecule has 0 saturated carbocycles. The standard InChI is InChI=1S/C9H21NO3Si/c1-5-11-14(12-6-2,13-7-3)8-9(4)10/h4-8,10H2,1-3H3. The average Bonchev–Trinajstić information content (AvgIpc) is 2.03. The Bertz CT molecular complexity index is 158. The van der Waals surface area contributed by atoms with Gasteiger partial charge in [0.05, 0.1) is 6.04 Å². The molecule has 5 heteroatoms. The number of hydrogen-bond donors (Lipinski definition) is 1. The van der Waals surface area contributed by atoms with Gasteiger partial charge in [0.15, 0.2) is 0 Å². The van der Waals surface area contributed by atoms with E-state index in [9.17, 15) is 0 Å². The monoisotopic (exact) mass is 219 g/mol. The Morgan fingerprint density at radius 2 is 1.43 bits per heavy atom. The van der Waals surface area contributed by atoms with Gasteiger partial charge in [0.25, 0.3) is 0 Å². The fraction of sp³-hybridized carbons (Fsp3) is 0.778. The number of nitrogens with two attached hydrogens (primary N) is 1. The Labute approximate surface area is 87.4 Å². The Balaban J connectivity index is 4.45. The molecule has 0 aromatic carbocycles. The van der Waals surface area contributed by atoms with Gasteiger partial charge >= 0.3 is 8.80 Å². The summed E-state index contributed by atoms with van der Waals surface area (Å²) >= 11 is 0. The second-order valence-corrected chi connectivity index (χ2v) is 5.40. The van der Waals surface area contributed by atoms with E-state index in [1.807, 2.05) is 20.8 Å². The average molecular weight is 219 g/mol. The van der Waals surface area contributed by atoms with Crippen LogP contribution in [0.5, 0.6) is 0 Å². The van der Waals surface area contributed by atoms with E-state index in [0.29, 0.717) is 31.6 Å². The Hall–Kier alpha value is -0.363. The second-order valence-electron chi connectivity index (χ2n) is 2.82. The predicted octanol–water partition coefficient (Wildman–Crippen LogP) is 1.51. The van der Waals surface area contributed by atoms with Crippen LogP contribution in [0.2, 0.25) is 6.04 Å². The number of allylic oxidation sites excluding steroid dienone is 1. The first kappa shape index (κ1) is 13.6. The first-order valence-electron chi connectivity index (χ1n) is 4.95. The van der Waals surface area contributed by atoms with E-state index in [1.54, 1.807) is 0 Å². The molecule has 0 aliphatic heterocycles. The molecule has 84 valence electrons. The van der Waals surface area contributed by atoms with Gasteiger partial charge in [-0.15, -0.1) is 0 Å². The van der Waals surface area contributed by atoms with Gasteiger partial charge in [-0.1, -0.05) is 6.58 Å². The van der Waals surface area contributed by atoms with Crippen LogP contribution in [0.3, 0.4) is 0 Å². The van der Waals surface area contributed by atoms with Crippen molar-refractivity contribution in [3.8, 4) is 0 Å². The lowest BCUT2D eigenvalue weighted by molar-refractivity contribution is 0.0736. The smallest absolute Gasteiger partial charge is 0.403 e. The Morgan fingerprint density at radius 3 is 1.64 bits per heavy atom. The van der Waals surface area contributed by atoms with Crippen LogP contribution in [0.15, 0.2) is 12.3 Å². The quantitative estimate of drug-likeness (QED) is 0.629. The topological polar surface area (TPSA) is 53.7 Å². The molecular formula is C9H21NO3Si. The van der Waals surface area contributed by atoms with Crippen LogP contribution in [0, 0.1) is 0 Å². The van der Waals surface area contributed by atoms with Gasteiger partial charge in [-0.2, -0.15) is 0 Å². The normalized spacial score (nSPS) is 11.6. The molecule has 0 heterocycles. The molecule has 0 aromatic rings. The summed E-state index contributed by atoms with van der Waals surface area (Å²) in [4.78, 5) is 0. The van der Waals surface area contributed by atoms with Gasteiger partial charge in [0.2, 0.25) is 0 Å². The maximum atomic E-state index is 5.57. The molecule has 0 unspecified atom stereocenters. The maximum absolute atomic E-state index is 5.57. The fourth-order valence-corrected chi connectivity index (χ4v) is 3.65. The van der Waals surface area contributed by atoms with Crippen LogP contribution in [-0.4, -0.2) is 28.6 Å². The van der Waals surface area contributed by atoms with E-state index in [0.717, 1.165) is 0 Å². The molecule has 0 bridgehead atoms. The van der Waals surface area contributed by atoms with E-state index in [2.05, 4.69) is 6.58 Å². The van der Waals surface area contributed by atoms with Crippen molar-refractivity contribution in [3.63, 3.8) is 0 Å². The summed E-state index contributed by atoms with van der Waals surface area (Å²) in [6.07, 6.45) is 0. The van der Waals surface area contributed by atoms with Crippen LogP contribution >= 0.6 is 0 Å². The van der Waals surface area contributed by atoms with Crippen molar-refractivity contribution in [2.24, 2.45) is 5.73 Å². The number of rotatable bonds is 8. The molecule has 0 aliphatic carbocycles. The van der Waals surface area contributed by atoms with Crippen LogP contribution in [0.4, 0.5) is 0 Å². The summed E-state index contributed by atoms with van der Waals surface area (Å²) in [6.45, 7) is 11.1. The van der Waals surface area contributed by atoms with Crippen molar-refractivity contribution >= 4 is 8.80 Å². The van der Waals surface area contributed by atoms with Crippen molar-refractivity contribution in [1.29, 1.82) is 0 Å². The van der Waals surface area contributed by atoms with E-state index in [1.165, 1.54) is 0 Å². The van der Waals surface area contributed by atoms with Crippen LogP contribution in [0.1, 0.15) is 20.8 Å². The molecule has 0 amide bonds. The second kappa shape index (κ2) is 7.00. The predicted molar refractivity (Wildman–Crippen MR) is 58.8 cm³/mol. The van der Waals surface area contributed by atoms with Gasteiger partial charge in [-0.05, 0) is 20.8 Å². The van der Waals surface area contributed by atoms with E-state index >= 15 is 0 Å². The highest BCUT2D eigenvalue weighted by Gasteiger charge is 2.40. The lowest BCUT2D eigenvalue weighted by Crippen LogP contribution is -2.46. The molecule has 0 atom stereocenters. The van der Waals surface area contributed by atoms with Gasteiger partial charge in [0, 0.05) is 25.5 Å².